The van der Waals surface area contributed by atoms with Gasteiger partial charge in [-0.05, 0) is 62.8 Å². The Hall–Kier alpha value is -2.35. The Bertz CT molecular complexity index is 798. The van der Waals surface area contributed by atoms with E-state index < -0.39 is 11.6 Å². The molecule has 0 saturated carbocycles. The van der Waals surface area contributed by atoms with E-state index in [1.54, 1.807) is 6.07 Å². The maximum atomic E-state index is 13.5. The van der Waals surface area contributed by atoms with Crippen LogP contribution in [0.4, 0.5) is 14.5 Å². The highest BCUT2D eigenvalue weighted by Crippen LogP contribution is 2.25. The highest BCUT2D eigenvalue weighted by molar-refractivity contribution is 9.10. The van der Waals surface area contributed by atoms with Crippen molar-refractivity contribution in [2.24, 2.45) is 0 Å². The number of benzene rings is 2. The van der Waals surface area contributed by atoms with Gasteiger partial charge in [0.25, 0.3) is 0 Å². The average molecular weight is 352 g/mol. The highest BCUT2D eigenvalue weighted by atomic mass is 79.9. The van der Waals surface area contributed by atoms with Crippen molar-refractivity contribution < 1.29 is 8.78 Å². The fraction of sp³-hybridized carbons (Fsp3) is 0. The van der Waals surface area contributed by atoms with Crippen LogP contribution in [0.2, 0.25) is 0 Å². The molecule has 1 aromatic heterocycles. The van der Waals surface area contributed by atoms with E-state index in [0.29, 0.717) is 17.1 Å². The van der Waals surface area contributed by atoms with Crippen LogP contribution in [-0.2, 0) is 0 Å². The summed E-state index contributed by atoms with van der Waals surface area (Å²) in [4.78, 5) is 0. The molecule has 0 aliphatic rings. The molecule has 0 radical (unpaired) electrons. The van der Waals surface area contributed by atoms with E-state index in [1.165, 1.54) is 35.0 Å². The number of aromatic nitrogens is 4. The predicted molar refractivity (Wildman–Crippen MR) is 76.6 cm³/mol. The Labute approximate surface area is 126 Å². The van der Waals surface area contributed by atoms with Gasteiger partial charge < -0.3 is 5.73 Å². The molecule has 0 amide bonds. The van der Waals surface area contributed by atoms with Crippen molar-refractivity contribution in [2.45, 2.75) is 0 Å². The third kappa shape index (κ3) is 2.62. The van der Waals surface area contributed by atoms with E-state index in [0.717, 1.165) is 0 Å². The van der Waals surface area contributed by atoms with E-state index in [1.807, 2.05) is 0 Å². The number of nitrogen functional groups attached to an aromatic ring is 1. The molecule has 0 saturated heterocycles. The lowest BCUT2D eigenvalue weighted by Gasteiger charge is -2.06. The lowest BCUT2D eigenvalue weighted by molar-refractivity contribution is 0.620. The van der Waals surface area contributed by atoms with Gasteiger partial charge in [-0.15, -0.1) is 5.10 Å². The Kier molecular flexibility index (Phi) is 3.38. The standard InChI is InChI=1S/C13H8BrF2N5/c14-11-6-10(1-2-12(11)16)21-13(18-19-20-21)7-3-8(15)5-9(17)4-7/h1-6H,17H2. The Morgan fingerprint density at radius 3 is 2.62 bits per heavy atom. The van der Waals surface area contributed by atoms with Crippen LogP contribution < -0.4 is 5.73 Å². The van der Waals surface area contributed by atoms with Gasteiger partial charge in [0.15, 0.2) is 5.82 Å². The second-order valence-corrected chi connectivity index (χ2v) is 5.14. The maximum absolute atomic E-state index is 13.5. The van der Waals surface area contributed by atoms with Gasteiger partial charge in [-0.25, -0.2) is 8.78 Å². The molecular formula is C13H8BrF2N5. The summed E-state index contributed by atoms with van der Waals surface area (Å²) in [7, 11) is 0. The lowest BCUT2D eigenvalue weighted by Crippen LogP contribution is -2.01. The highest BCUT2D eigenvalue weighted by Gasteiger charge is 2.13. The van der Waals surface area contributed by atoms with Gasteiger partial charge in [-0.2, -0.15) is 4.68 Å². The second kappa shape index (κ2) is 5.21. The number of anilines is 1. The first-order valence-electron chi connectivity index (χ1n) is 5.85. The first kappa shape index (κ1) is 13.6. The molecule has 21 heavy (non-hydrogen) atoms. The number of rotatable bonds is 2. The van der Waals surface area contributed by atoms with Gasteiger partial charge in [0, 0.05) is 11.3 Å². The average Bonchev–Trinajstić information content (AvgIpc) is 2.90. The molecule has 1 heterocycles. The molecular weight excluding hydrogens is 344 g/mol. The van der Waals surface area contributed by atoms with E-state index >= 15 is 0 Å². The van der Waals surface area contributed by atoms with Crippen molar-refractivity contribution in [3.05, 3.63) is 52.5 Å². The smallest absolute Gasteiger partial charge is 0.187 e. The number of halogens is 3. The lowest BCUT2D eigenvalue weighted by atomic mass is 10.2. The third-order valence-electron chi connectivity index (χ3n) is 2.80. The van der Waals surface area contributed by atoms with Crippen molar-refractivity contribution in [3.8, 4) is 17.1 Å². The fourth-order valence-electron chi connectivity index (χ4n) is 1.90. The van der Waals surface area contributed by atoms with Crippen LogP contribution in [0.3, 0.4) is 0 Å². The molecule has 0 atom stereocenters. The van der Waals surface area contributed by atoms with Gasteiger partial charge in [-0.1, -0.05) is 0 Å². The summed E-state index contributed by atoms with van der Waals surface area (Å²) >= 11 is 3.10. The van der Waals surface area contributed by atoms with Crippen molar-refractivity contribution in [1.82, 2.24) is 20.2 Å². The second-order valence-electron chi connectivity index (χ2n) is 4.29. The Morgan fingerprint density at radius 2 is 1.90 bits per heavy atom. The summed E-state index contributed by atoms with van der Waals surface area (Å²) in [6.07, 6.45) is 0. The van der Waals surface area contributed by atoms with Gasteiger partial charge in [0.1, 0.15) is 11.6 Å². The minimum atomic E-state index is -0.486. The summed E-state index contributed by atoms with van der Waals surface area (Å²) < 4.78 is 28.4. The SMILES string of the molecule is Nc1cc(F)cc(-c2nnnn2-c2ccc(F)c(Br)c2)c1. The normalized spacial score (nSPS) is 10.8. The van der Waals surface area contributed by atoms with E-state index in [-0.39, 0.29) is 10.2 Å². The molecule has 0 unspecified atom stereocenters. The molecule has 0 fully saturated rings. The largest absolute Gasteiger partial charge is 0.399 e. The monoisotopic (exact) mass is 351 g/mol. The number of hydrogen-bond donors (Lipinski definition) is 1. The molecule has 106 valence electrons. The molecule has 3 rings (SSSR count). The van der Waals surface area contributed by atoms with Gasteiger partial charge >= 0.3 is 0 Å². The molecule has 0 bridgehead atoms. The van der Waals surface area contributed by atoms with Crippen LogP contribution in [0, 0.1) is 11.6 Å². The molecule has 0 aliphatic heterocycles. The molecule has 5 nitrogen and oxygen atoms in total. The van der Waals surface area contributed by atoms with Crippen LogP contribution in [0.5, 0.6) is 0 Å². The summed E-state index contributed by atoms with van der Waals surface area (Å²) in [5, 5.41) is 11.3. The molecule has 0 spiro atoms. The van der Waals surface area contributed by atoms with Crippen LogP contribution >= 0.6 is 15.9 Å². The first-order chi connectivity index (χ1) is 10.0. The molecule has 0 aliphatic carbocycles. The zero-order valence-corrected chi connectivity index (χ0v) is 12.1. The minimum Gasteiger partial charge on any atom is -0.399 e. The van der Waals surface area contributed by atoms with Crippen LogP contribution in [0.25, 0.3) is 17.1 Å². The van der Waals surface area contributed by atoms with Crippen LogP contribution in [0.1, 0.15) is 0 Å². The molecule has 8 heteroatoms. The number of hydrogen-bond acceptors (Lipinski definition) is 4. The summed E-state index contributed by atoms with van der Waals surface area (Å²) in [5.74, 6) is -0.581. The van der Waals surface area contributed by atoms with Crippen molar-refractivity contribution in [3.63, 3.8) is 0 Å². The van der Waals surface area contributed by atoms with Crippen LogP contribution in [-0.4, -0.2) is 20.2 Å². The van der Waals surface area contributed by atoms with Crippen molar-refractivity contribution >= 4 is 21.6 Å². The van der Waals surface area contributed by atoms with Gasteiger partial charge in [0.2, 0.25) is 0 Å². The zero-order chi connectivity index (χ0) is 15.0. The van der Waals surface area contributed by atoms with Crippen LogP contribution in [0.15, 0.2) is 40.9 Å². The summed E-state index contributed by atoms with van der Waals surface area (Å²) in [6, 6.07) is 8.36. The van der Waals surface area contributed by atoms with E-state index in [2.05, 4.69) is 31.5 Å². The predicted octanol–water partition coefficient (Wildman–Crippen LogP) is 2.95. The molecule has 2 aromatic carbocycles. The van der Waals surface area contributed by atoms with Gasteiger partial charge in [0.05, 0.1) is 10.2 Å². The maximum Gasteiger partial charge on any atom is 0.187 e. The molecule has 2 N–H and O–H groups in total. The van der Waals surface area contributed by atoms with Crippen molar-refractivity contribution in [2.75, 3.05) is 5.73 Å². The van der Waals surface area contributed by atoms with Crippen molar-refractivity contribution in [1.29, 1.82) is 0 Å². The summed E-state index contributed by atoms with van der Waals surface area (Å²) in [5.41, 5.74) is 6.85. The topological polar surface area (TPSA) is 69.6 Å². The zero-order valence-electron chi connectivity index (χ0n) is 10.5. The third-order valence-corrected chi connectivity index (χ3v) is 3.40. The Balaban J connectivity index is 2.14. The molecule has 3 aromatic rings. The quantitative estimate of drug-likeness (QED) is 0.720. The van der Waals surface area contributed by atoms with E-state index in [4.69, 9.17) is 5.73 Å². The number of nitrogens with two attached hydrogens (primary N) is 1. The van der Waals surface area contributed by atoms with Gasteiger partial charge in [-0.3, -0.25) is 0 Å². The Morgan fingerprint density at radius 1 is 1.10 bits per heavy atom. The number of tetrazole rings is 1. The fourth-order valence-corrected chi connectivity index (χ4v) is 2.27. The minimum absolute atomic E-state index is 0.264. The number of nitrogens with zero attached hydrogens (tertiary/aromatic N) is 4. The summed E-state index contributed by atoms with van der Waals surface area (Å²) in [6.45, 7) is 0. The first-order valence-corrected chi connectivity index (χ1v) is 6.64. The van der Waals surface area contributed by atoms with E-state index in [9.17, 15) is 8.78 Å².